The van der Waals surface area contributed by atoms with E-state index in [-0.39, 0.29) is 21.9 Å². The second kappa shape index (κ2) is 9.75. The van der Waals surface area contributed by atoms with Crippen LogP contribution in [0.1, 0.15) is 30.2 Å². The van der Waals surface area contributed by atoms with Crippen LogP contribution < -0.4 is 0 Å². The van der Waals surface area contributed by atoms with Crippen molar-refractivity contribution in [3.8, 4) is 34.2 Å². The molecule has 0 spiro atoms. The summed E-state index contributed by atoms with van der Waals surface area (Å²) in [5.41, 5.74) is -4.37. The number of rotatable bonds is 4. The molecule has 0 saturated heterocycles. The number of para-hydroxylation sites is 4. The van der Waals surface area contributed by atoms with Crippen LogP contribution in [0.4, 0.5) is 0 Å². The SMILES string of the molecule is [2H]c1c(-c2c([2H])c([2H])c([2H])c([2H])c2-n2c3ncccc3c3c([2H])c([2H])c([2H])c([2H])c32)nc(-c2c([2H])c([2H])c([2H])c([2H])c2[2H])nc1-n1c2c([2H])c([2H])c([2H])c([2H])c2c2c([2H])c([2H])c([2H])c([2H])c21. The molecule has 0 fully saturated rings. The lowest BCUT2D eigenvalue weighted by molar-refractivity contribution is 1.04. The summed E-state index contributed by atoms with van der Waals surface area (Å²) < 4.78 is 196. The maximum atomic E-state index is 9.89. The first-order chi connectivity index (χ1) is 31.0. The zero-order chi connectivity index (χ0) is 48.2. The molecule has 0 amide bonds. The molecule has 0 bridgehead atoms. The zero-order valence-corrected chi connectivity index (χ0v) is 22.0. The fourth-order valence-electron chi connectivity index (χ4n) is 5.13. The normalized spacial score (nSPS) is 18.6. The van der Waals surface area contributed by atoms with Gasteiger partial charge in [-0.05, 0) is 36.3 Å². The molecular weight excluding hydrogens is 538 g/mol. The maximum absolute atomic E-state index is 9.89. The Morgan fingerprint density at radius 2 is 1.14 bits per heavy atom. The summed E-state index contributed by atoms with van der Waals surface area (Å²) in [6, 6.07) is -14.9. The minimum atomic E-state index is -0.952. The summed E-state index contributed by atoms with van der Waals surface area (Å²) in [6.07, 6.45) is 1.29. The quantitative estimate of drug-likeness (QED) is 0.207. The monoisotopic (exact) mass is 585 g/mol. The summed E-state index contributed by atoms with van der Waals surface area (Å²) in [7, 11) is 0. The van der Waals surface area contributed by atoms with E-state index in [2.05, 4.69) is 15.0 Å². The Morgan fingerprint density at radius 3 is 1.86 bits per heavy atom. The second-order valence-electron chi connectivity index (χ2n) is 9.28. The van der Waals surface area contributed by atoms with Crippen LogP contribution in [0, 0.1) is 0 Å². The summed E-state index contributed by atoms with van der Waals surface area (Å²) in [5.74, 6) is -1.62. The van der Waals surface area contributed by atoms with E-state index in [0.717, 1.165) is 9.13 Å². The van der Waals surface area contributed by atoms with Crippen molar-refractivity contribution >= 4 is 43.7 Å². The number of fused-ring (bicyclic) bond motifs is 6. The molecule has 44 heavy (non-hydrogen) atoms. The summed E-state index contributed by atoms with van der Waals surface area (Å²) in [5, 5.41) is -0.884. The third kappa shape index (κ3) is 3.69. The molecule has 9 rings (SSSR count). The van der Waals surface area contributed by atoms with E-state index in [1.54, 1.807) is 0 Å². The van der Waals surface area contributed by atoms with Gasteiger partial charge in [-0.2, -0.15) is 0 Å². The highest BCUT2D eigenvalue weighted by atomic mass is 15.1. The number of nitrogens with zero attached hydrogens (tertiary/aromatic N) is 5. The van der Waals surface area contributed by atoms with Gasteiger partial charge >= 0.3 is 0 Å². The number of aromatic nitrogens is 5. The Morgan fingerprint density at radius 1 is 0.545 bits per heavy atom. The average Bonchev–Trinajstić information content (AvgIpc) is 3.84. The van der Waals surface area contributed by atoms with Crippen LogP contribution in [0.2, 0.25) is 0 Å². The average molecular weight is 586 g/mol. The predicted octanol–water partition coefficient (Wildman–Crippen LogP) is 9.40. The van der Waals surface area contributed by atoms with Crippen molar-refractivity contribution in [2.75, 3.05) is 0 Å². The predicted molar refractivity (Wildman–Crippen MR) is 179 cm³/mol. The molecule has 0 N–H and O–H groups in total. The zero-order valence-electron chi connectivity index (χ0n) is 44.0. The molecule has 4 aromatic heterocycles. The summed E-state index contributed by atoms with van der Waals surface area (Å²) >= 11 is 0. The molecule has 206 valence electrons. The molecular formula is C39H25N5. The molecule has 0 aliphatic carbocycles. The van der Waals surface area contributed by atoms with E-state index >= 15 is 0 Å². The van der Waals surface area contributed by atoms with Crippen LogP contribution in [0.5, 0.6) is 0 Å². The molecule has 5 heteroatoms. The van der Waals surface area contributed by atoms with Gasteiger partial charge in [0.25, 0.3) is 0 Å². The molecule has 5 nitrogen and oxygen atoms in total. The van der Waals surface area contributed by atoms with Crippen molar-refractivity contribution < 1.29 is 30.2 Å². The molecule has 0 atom stereocenters. The molecule has 0 radical (unpaired) electrons. The Bertz CT molecular complexity index is 3640. The number of benzene rings is 5. The van der Waals surface area contributed by atoms with Gasteiger partial charge in [0.1, 0.15) is 11.5 Å². The standard InChI is InChI=1S/C39H25N5/c1-2-13-26(14-3-1)38-41-32(25-37(42-38)43-33-20-8-4-15-27(33)28-16-5-9-21-34(28)43)31-18-7-11-23-36(31)44-35-22-10-6-17-29(35)30-19-12-24-40-39(30)44/h1-25H/i1D,2D,3D,4D,5D,6D,7D,8D,9D,10D,11D,13D,14D,15D,16D,17D,18D,20D,21D,22D,23D,25D. The smallest absolute Gasteiger partial charge is 0.162 e. The van der Waals surface area contributed by atoms with E-state index in [1.807, 2.05) is 0 Å². The van der Waals surface area contributed by atoms with E-state index in [0.29, 0.717) is 0 Å². The maximum Gasteiger partial charge on any atom is 0.162 e. The van der Waals surface area contributed by atoms with Crippen LogP contribution >= 0.6 is 0 Å². The van der Waals surface area contributed by atoms with Crippen LogP contribution in [0.25, 0.3) is 77.9 Å². The molecule has 9 aromatic rings. The number of hydrogen-bond acceptors (Lipinski definition) is 3. The number of hydrogen-bond donors (Lipinski definition) is 0. The minimum Gasteiger partial charge on any atom is -0.294 e. The van der Waals surface area contributed by atoms with Crippen molar-refractivity contribution in [1.82, 2.24) is 24.1 Å². The van der Waals surface area contributed by atoms with Gasteiger partial charge in [0.05, 0.1) is 58.1 Å². The van der Waals surface area contributed by atoms with Gasteiger partial charge in [0.2, 0.25) is 0 Å². The van der Waals surface area contributed by atoms with Crippen molar-refractivity contribution in [1.29, 1.82) is 0 Å². The largest absolute Gasteiger partial charge is 0.294 e. The highest BCUT2D eigenvalue weighted by Gasteiger charge is 2.20. The van der Waals surface area contributed by atoms with E-state index in [4.69, 9.17) is 26.0 Å². The summed E-state index contributed by atoms with van der Waals surface area (Å²) in [6.45, 7) is 0. The third-order valence-electron chi connectivity index (χ3n) is 6.91. The lowest BCUT2D eigenvalue weighted by Crippen LogP contribution is -2.04. The van der Waals surface area contributed by atoms with Crippen molar-refractivity contribution in [2.45, 2.75) is 0 Å². The van der Waals surface area contributed by atoms with Crippen molar-refractivity contribution in [2.24, 2.45) is 0 Å². The highest BCUT2D eigenvalue weighted by molar-refractivity contribution is 6.10. The van der Waals surface area contributed by atoms with Crippen LogP contribution in [0.15, 0.2) is 151 Å². The number of pyridine rings is 1. The van der Waals surface area contributed by atoms with E-state index < -0.39 is 189 Å². The van der Waals surface area contributed by atoms with Gasteiger partial charge in [-0.3, -0.25) is 9.13 Å². The first kappa shape index (κ1) is 11.2. The van der Waals surface area contributed by atoms with Crippen LogP contribution in [-0.2, 0) is 0 Å². The third-order valence-corrected chi connectivity index (χ3v) is 6.91. The Balaban J connectivity index is 1.59. The van der Waals surface area contributed by atoms with Gasteiger partial charge in [-0.1, -0.05) is 103 Å². The Labute approximate surface area is 284 Å². The first-order valence-corrected chi connectivity index (χ1v) is 12.9. The molecule has 4 heterocycles. The Hall–Kier alpha value is -6.07. The molecule has 0 aliphatic heterocycles. The lowest BCUT2D eigenvalue weighted by atomic mass is 10.1. The fourth-order valence-corrected chi connectivity index (χ4v) is 5.13. The Kier molecular flexibility index (Phi) is 2.48. The van der Waals surface area contributed by atoms with Gasteiger partial charge in [-0.15, -0.1) is 0 Å². The van der Waals surface area contributed by atoms with E-state index in [9.17, 15) is 4.11 Å². The van der Waals surface area contributed by atoms with Crippen LogP contribution in [0.3, 0.4) is 0 Å². The van der Waals surface area contributed by atoms with Crippen molar-refractivity contribution in [3.05, 3.63) is 151 Å². The molecule has 0 unspecified atom stereocenters. The van der Waals surface area contributed by atoms with E-state index in [1.165, 1.54) is 18.3 Å². The van der Waals surface area contributed by atoms with Gasteiger partial charge in [0, 0.05) is 44.9 Å². The van der Waals surface area contributed by atoms with Crippen molar-refractivity contribution in [3.63, 3.8) is 0 Å². The topological polar surface area (TPSA) is 48.5 Å². The lowest BCUT2D eigenvalue weighted by Gasteiger charge is -2.15. The first-order valence-electron chi connectivity index (χ1n) is 23.9. The summed E-state index contributed by atoms with van der Waals surface area (Å²) in [4.78, 5) is 13.4. The van der Waals surface area contributed by atoms with Gasteiger partial charge in [0.15, 0.2) is 5.82 Å². The van der Waals surface area contributed by atoms with Crippen LogP contribution in [-0.4, -0.2) is 24.1 Å². The molecule has 0 aliphatic rings. The fraction of sp³-hybridized carbons (Fsp3) is 0. The molecule has 5 aromatic carbocycles. The minimum absolute atomic E-state index is 0.106. The van der Waals surface area contributed by atoms with Gasteiger partial charge in [-0.25, -0.2) is 15.0 Å². The molecule has 0 saturated carbocycles. The highest BCUT2D eigenvalue weighted by Crippen LogP contribution is 2.37. The second-order valence-corrected chi connectivity index (χ2v) is 9.28. The van der Waals surface area contributed by atoms with Gasteiger partial charge < -0.3 is 0 Å².